The van der Waals surface area contributed by atoms with Gasteiger partial charge in [-0.3, -0.25) is 5.32 Å². The molecular weight excluding hydrogens is 190 g/mol. The lowest BCUT2D eigenvalue weighted by molar-refractivity contribution is 0.835. The molecule has 5 nitrogen and oxygen atoms in total. The van der Waals surface area contributed by atoms with Crippen LogP contribution in [0.1, 0.15) is 19.7 Å². The number of aromatic nitrogens is 2. The van der Waals surface area contributed by atoms with E-state index in [1.807, 2.05) is 13.1 Å². The summed E-state index contributed by atoms with van der Waals surface area (Å²) in [6.07, 6.45) is 1.85. The fraction of sp³-hybridized carbons (Fsp3) is 0.500. The molecule has 15 heavy (non-hydrogen) atoms. The smallest absolute Gasteiger partial charge is 0.182 e. The second kappa shape index (κ2) is 5.15. The second-order valence-electron chi connectivity index (χ2n) is 3.07. The highest BCUT2D eigenvalue weighted by atomic mass is 15.2. The lowest BCUT2D eigenvalue weighted by Gasteiger charge is -2.20. The van der Waals surface area contributed by atoms with Crippen LogP contribution in [0.4, 0.5) is 11.6 Å². The molecule has 0 aromatic carbocycles. The third-order valence-corrected chi connectivity index (χ3v) is 2.10. The summed E-state index contributed by atoms with van der Waals surface area (Å²) in [7, 11) is 0. The van der Waals surface area contributed by atoms with E-state index in [9.17, 15) is 0 Å². The molecule has 80 valence electrons. The van der Waals surface area contributed by atoms with E-state index in [4.69, 9.17) is 5.26 Å². The van der Waals surface area contributed by atoms with Crippen molar-refractivity contribution in [2.24, 2.45) is 0 Å². The fourth-order valence-corrected chi connectivity index (χ4v) is 1.38. The Bertz CT molecular complexity index is 365. The number of rotatable bonds is 4. The minimum absolute atomic E-state index is 0.548. The average molecular weight is 205 g/mol. The maximum atomic E-state index is 8.52. The van der Waals surface area contributed by atoms with Gasteiger partial charge in [0, 0.05) is 19.2 Å². The number of nitrogens with zero attached hydrogens (tertiary/aromatic N) is 4. The van der Waals surface area contributed by atoms with Gasteiger partial charge in [0.2, 0.25) is 0 Å². The van der Waals surface area contributed by atoms with Crippen LogP contribution in [-0.4, -0.2) is 23.1 Å². The summed E-state index contributed by atoms with van der Waals surface area (Å²) < 4.78 is 0. The molecule has 0 atom stereocenters. The molecular formula is C10H15N5. The molecule has 0 radical (unpaired) electrons. The van der Waals surface area contributed by atoms with E-state index in [2.05, 4.69) is 34.0 Å². The molecule has 1 rings (SSSR count). The van der Waals surface area contributed by atoms with Gasteiger partial charge in [0.05, 0.1) is 0 Å². The largest absolute Gasteiger partial charge is 0.357 e. The Labute approximate surface area is 89.8 Å². The lowest BCUT2D eigenvalue weighted by Crippen LogP contribution is -2.23. The van der Waals surface area contributed by atoms with Crippen molar-refractivity contribution in [2.45, 2.75) is 20.8 Å². The molecule has 0 aliphatic heterocycles. The van der Waals surface area contributed by atoms with Gasteiger partial charge in [-0.1, -0.05) is 0 Å². The molecule has 1 aromatic heterocycles. The standard InChI is InChI=1S/C10H15N5/c1-4-15(5-2)10-6-9(12-7-11)13-8(3)14-10/h6H,4-5H2,1-3H3,(H,12,13,14). The third kappa shape index (κ3) is 2.81. The normalized spacial score (nSPS) is 9.47. The zero-order valence-electron chi connectivity index (χ0n) is 9.28. The minimum atomic E-state index is 0.548. The van der Waals surface area contributed by atoms with Crippen LogP contribution in [0.15, 0.2) is 6.07 Å². The van der Waals surface area contributed by atoms with E-state index in [1.165, 1.54) is 0 Å². The number of hydrogen-bond acceptors (Lipinski definition) is 5. The molecule has 0 saturated carbocycles. The van der Waals surface area contributed by atoms with E-state index in [1.54, 1.807) is 6.07 Å². The summed E-state index contributed by atoms with van der Waals surface area (Å²) in [6, 6.07) is 1.78. The number of hydrogen-bond donors (Lipinski definition) is 1. The molecule has 0 saturated heterocycles. The summed E-state index contributed by atoms with van der Waals surface area (Å²) in [4.78, 5) is 10.5. The van der Waals surface area contributed by atoms with Crippen LogP contribution in [0, 0.1) is 18.4 Å². The topological polar surface area (TPSA) is 64.8 Å². The van der Waals surface area contributed by atoms with Crippen LogP contribution < -0.4 is 10.2 Å². The molecule has 0 unspecified atom stereocenters. The second-order valence-corrected chi connectivity index (χ2v) is 3.07. The van der Waals surface area contributed by atoms with E-state index < -0.39 is 0 Å². The predicted molar refractivity (Wildman–Crippen MR) is 59.6 cm³/mol. The Kier molecular flexibility index (Phi) is 3.86. The summed E-state index contributed by atoms with van der Waals surface area (Å²) in [6.45, 7) is 7.73. The van der Waals surface area contributed by atoms with Gasteiger partial charge in [0.1, 0.15) is 17.5 Å². The van der Waals surface area contributed by atoms with Gasteiger partial charge >= 0.3 is 0 Å². The first-order valence-corrected chi connectivity index (χ1v) is 4.97. The van der Waals surface area contributed by atoms with Crippen LogP contribution in [0.25, 0.3) is 0 Å². The molecule has 0 aliphatic carbocycles. The number of anilines is 2. The highest BCUT2D eigenvalue weighted by molar-refractivity contribution is 5.50. The van der Waals surface area contributed by atoms with Crippen molar-refractivity contribution in [1.82, 2.24) is 9.97 Å². The lowest BCUT2D eigenvalue weighted by atomic mass is 10.4. The van der Waals surface area contributed by atoms with E-state index in [0.717, 1.165) is 18.9 Å². The number of aryl methyl sites for hydroxylation is 1. The van der Waals surface area contributed by atoms with Gasteiger partial charge in [-0.15, -0.1) is 0 Å². The molecule has 5 heteroatoms. The highest BCUT2D eigenvalue weighted by Gasteiger charge is 2.06. The van der Waals surface area contributed by atoms with Crippen molar-refractivity contribution in [3.05, 3.63) is 11.9 Å². The molecule has 0 amide bonds. The van der Waals surface area contributed by atoms with Gasteiger partial charge in [-0.05, 0) is 20.8 Å². The van der Waals surface area contributed by atoms with Gasteiger partial charge < -0.3 is 4.90 Å². The highest BCUT2D eigenvalue weighted by Crippen LogP contribution is 2.14. The molecule has 1 aromatic rings. The predicted octanol–water partition coefficient (Wildman–Crippen LogP) is 1.52. The van der Waals surface area contributed by atoms with Gasteiger partial charge in [-0.25, -0.2) is 9.97 Å². The van der Waals surface area contributed by atoms with Crippen molar-refractivity contribution in [3.63, 3.8) is 0 Å². The number of nitrogens with one attached hydrogen (secondary N) is 1. The summed E-state index contributed by atoms with van der Waals surface area (Å²) >= 11 is 0. The van der Waals surface area contributed by atoms with Crippen LogP contribution in [0.5, 0.6) is 0 Å². The SMILES string of the molecule is CCN(CC)c1cc(NC#N)nc(C)n1. The van der Waals surface area contributed by atoms with Gasteiger partial charge in [-0.2, -0.15) is 5.26 Å². The summed E-state index contributed by atoms with van der Waals surface area (Å²) in [5.41, 5.74) is 0. The van der Waals surface area contributed by atoms with Crippen molar-refractivity contribution in [1.29, 1.82) is 5.26 Å². The third-order valence-electron chi connectivity index (χ3n) is 2.10. The molecule has 1 N–H and O–H groups in total. The maximum absolute atomic E-state index is 8.52. The van der Waals surface area contributed by atoms with Gasteiger partial charge in [0.25, 0.3) is 0 Å². The van der Waals surface area contributed by atoms with Crippen LogP contribution >= 0.6 is 0 Å². The first-order valence-electron chi connectivity index (χ1n) is 4.97. The summed E-state index contributed by atoms with van der Waals surface area (Å²) in [5.74, 6) is 2.06. The monoisotopic (exact) mass is 205 g/mol. The van der Waals surface area contributed by atoms with E-state index >= 15 is 0 Å². The Morgan fingerprint density at radius 2 is 2.07 bits per heavy atom. The average Bonchev–Trinajstić information content (AvgIpc) is 2.19. The quantitative estimate of drug-likeness (QED) is 0.596. The Morgan fingerprint density at radius 1 is 1.40 bits per heavy atom. The fourth-order valence-electron chi connectivity index (χ4n) is 1.38. The zero-order chi connectivity index (χ0) is 11.3. The van der Waals surface area contributed by atoms with Crippen molar-refractivity contribution in [2.75, 3.05) is 23.3 Å². The minimum Gasteiger partial charge on any atom is -0.357 e. The Morgan fingerprint density at radius 3 is 2.60 bits per heavy atom. The summed E-state index contributed by atoms with van der Waals surface area (Å²) in [5, 5.41) is 11.0. The number of nitriles is 1. The van der Waals surface area contributed by atoms with Gasteiger partial charge in [0.15, 0.2) is 6.19 Å². The molecule has 0 aliphatic rings. The first-order chi connectivity index (χ1) is 7.21. The Balaban J connectivity index is 3.03. The Hall–Kier alpha value is -1.83. The van der Waals surface area contributed by atoms with Crippen LogP contribution in [0.2, 0.25) is 0 Å². The molecule has 0 bridgehead atoms. The van der Waals surface area contributed by atoms with Crippen LogP contribution in [0.3, 0.4) is 0 Å². The molecule has 1 heterocycles. The first kappa shape index (κ1) is 11.2. The molecule has 0 fully saturated rings. The zero-order valence-corrected chi connectivity index (χ0v) is 9.28. The van der Waals surface area contributed by atoms with Crippen LogP contribution in [-0.2, 0) is 0 Å². The van der Waals surface area contributed by atoms with E-state index in [0.29, 0.717) is 11.6 Å². The van der Waals surface area contributed by atoms with Crippen molar-refractivity contribution < 1.29 is 0 Å². The van der Waals surface area contributed by atoms with Crippen molar-refractivity contribution >= 4 is 11.6 Å². The van der Waals surface area contributed by atoms with Crippen molar-refractivity contribution in [3.8, 4) is 6.19 Å². The maximum Gasteiger partial charge on any atom is 0.182 e. The molecule has 0 spiro atoms. The van der Waals surface area contributed by atoms with E-state index in [-0.39, 0.29) is 0 Å².